The van der Waals surface area contributed by atoms with E-state index in [9.17, 15) is 0 Å². The molecule has 2 heteroatoms. The Morgan fingerprint density at radius 1 is 1.42 bits per heavy atom. The van der Waals surface area contributed by atoms with Crippen molar-refractivity contribution < 1.29 is 0 Å². The lowest BCUT2D eigenvalue weighted by Gasteiger charge is -2.27. The standard InChI is InChI=1S/C10H22N2/c1-4-9(8-11-5-2)12(3)10-6-7-10/h9-11H,4-8H2,1-3H3. The molecule has 12 heavy (non-hydrogen) atoms. The van der Waals surface area contributed by atoms with Gasteiger partial charge in [0.25, 0.3) is 0 Å². The lowest BCUT2D eigenvalue weighted by Crippen LogP contribution is -2.40. The van der Waals surface area contributed by atoms with E-state index in [1.54, 1.807) is 0 Å². The van der Waals surface area contributed by atoms with Crippen molar-refractivity contribution in [3.05, 3.63) is 0 Å². The molecule has 1 rings (SSSR count). The highest BCUT2D eigenvalue weighted by molar-refractivity contribution is 4.86. The maximum Gasteiger partial charge on any atom is 0.0217 e. The van der Waals surface area contributed by atoms with Gasteiger partial charge in [0.1, 0.15) is 0 Å². The molecule has 1 atom stereocenters. The summed E-state index contributed by atoms with van der Waals surface area (Å²) >= 11 is 0. The van der Waals surface area contributed by atoms with Crippen LogP contribution in [0.4, 0.5) is 0 Å². The van der Waals surface area contributed by atoms with Gasteiger partial charge in [0.2, 0.25) is 0 Å². The number of rotatable bonds is 6. The van der Waals surface area contributed by atoms with Crippen LogP contribution in [0.25, 0.3) is 0 Å². The average Bonchev–Trinajstić information content (AvgIpc) is 2.88. The lowest BCUT2D eigenvalue weighted by molar-refractivity contribution is 0.221. The zero-order valence-corrected chi connectivity index (χ0v) is 8.64. The Bertz CT molecular complexity index is 121. The first kappa shape index (κ1) is 10.0. The summed E-state index contributed by atoms with van der Waals surface area (Å²) in [7, 11) is 2.27. The second-order valence-electron chi connectivity index (χ2n) is 3.77. The largest absolute Gasteiger partial charge is 0.315 e. The third-order valence-electron chi connectivity index (χ3n) is 2.80. The summed E-state index contributed by atoms with van der Waals surface area (Å²) in [6.07, 6.45) is 4.10. The third kappa shape index (κ3) is 2.76. The molecule has 0 spiro atoms. The molecule has 1 aliphatic carbocycles. The highest BCUT2D eigenvalue weighted by Gasteiger charge is 2.29. The highest BCUT2D eigenvalue weighted by Crippen LogP contribution is 2.27. The normalized spacial score (nSPS) is 20.0. The smallest absolute Gasteiger partial charge is 0.0217 e. The van der Waals surface area contributed by atoms with Crippen molar-refractivity contribution in [2.24, 2.45) is 0 Å². The Balaban J connectivity index is 2.22. The van der Waals surface area contributed by atoms with Crippen LogP contribution in [0.15, 0.2) is 0 Å². The summed E-state index contributed by atoms with van der Waals surface area (Å²) < 4.78 is 0. The van der Waals surface area contributed by atoms with Crippen molar-refractivity contribution in [1.82, 2.24) is 10.2 Å². The predicted octanol–water partition coefficient (Wildman–Crippen LogP) is 1.47. The van der Waals surface area contributed by atoms with Crippen LogP contribution in [0.3, 0.4) is 0 Å². The van der Waals surface area contributed by atoms with Crippen LogP contribution in [-0.2, 0) is 0 Å². The zero-order chi connectivity index (χ0) is 8.97. The monoisotopic (exact) mass is 170 g/mol. The molecule has 2 nitrogen and oxygen atoms in total. The molecule has 0 aromatic carbocycles. The van der Waals surface area contributed by atoms with Crippen LogP contribution in [0.2, 0.25) is 0 Å². The van der Waals surface area contributed by atoms with Gasteiger partial charge in [-0.05, 0) is 32.9 Å². The van der Waals surface area contributed by atoms with E-state index in [2.05, 4.69) is 31.1 Å². The van der Waals surface area contributed by atoms with Crippen molar-refractivity contribution in [2.45, 2.75) is 45.2 Å². The van der Waals surface area contributed by atoms with E-state index in [0.29, 0.717) is 0 Å². The van der Waals surface area contributed by atoms with Gasteiger partial charge in [-0.1, -0.05) is 13.8 Å². The maximum absolute atomic E-state index is 3.42. The SMILES string of the molecule is CCNCC(CC)N(C)C1CC1. The van der Waals surface area contributed by atoms with Gasteiger partial charge in [0.15, 0.2) is 0 Å². The summed E-state index contributed by atoms with van der Waals surface area (Å²) in [5.41, 5.74) is 0. The Kier molecular flexibility index (Phi) is 4.02. The second-order valence-corrected chi connectivity index (χ2v) is 3.77. The molecule has 0 aromatic heterocycles. The van der Waals surface area contributed by atoms with E-state index >= 15 is 0 Å². The first-order chi connectivity index (χ1) is 5.79. The Morgan fingerprint density at radius 2 is 2.08 bits per heavy atom. The van der Waals surface area contributed by atoms with Crippen molar-refractivity contribution in [1.29, 1.82) is 0 Å². The second kappa shape index (κ2) is 4.83. The molecule has 0 amide bonds. The number of nitrogens with zero attached hydrogens (tertiary/aromatic N) is 1. The molecule has 0 bridgehead atoms. The number of hydrogen-bond acceptors (Lipinski definition) is 2. The maximum atomic E-state index is 3.42. The molecule has 0 radical (unpaired) electrons. The average molecular weight is 170 g/mol. The van der Waals surface area contributed by atoms with Crippen molar-refractivity contribution >= 4 is 0 Å². The molecule has 0 aliphatic heterocycles. The number of hydrogen-bond donors (Lipinski definition) is 1. The summed E-state index contributed by atoms with van der Waals surface area (Å²) in [5.74, 6) is 0. The van der Waals surface area contributed by atoms with Gasteiger partial charge < -0.3 is 5.32 Å². The van der Waals surface area contributed by atoms with Gasteiger partial charge in [-0.3, -0.25) is 4.90 Å². The zero-order valence-electron chi connectivity index (χ0n) is 8.64. The van der Waals surface area contributed by atoms with Crippen LogP contribution in [0.5, 0.6) is 0 Å². The molecule has 72 valence electrons. The van der Waals surface area contributed by atoms with Crippen LogP contribution in [0, 0.1) is 0 Å². The molecule has 0 heterocycles. The minimum Gasteiger partial charge on any atom is -0.315 e. The van der Waals surface area contributed by atoms with E-state index in [1.807, 2.05) is 0 Å². The fourth-order valence-corrected chi connectivity index (χ4v) is 1.67. The molecular formula is C10H22N2. The predicted molar refractivity (Wildman–Crippen MR) is 53.4 cm³/mol. The fraction of sp³-hybridized carbons (Fsp3) is 1.00. The minimum absolute atomic E-state index is 0.748. The quantitative estimate of drug-likeness (QED) is 0.649. The Morgan fingerprint density at radius 3 is 2.50 bits per heavy atom. The minimum atomic E-state index is 0.748. The van der Waals surface area contributed by atoms with Gasteiger partial charge >= 0.3 is 0 Å². The van der Waals surface area contributed by atoms with Crippen LogP contribution in [-0.4, -0.2) is 37.1 Å². The van der Waals surface area contributed by atoms with Crippen LogP contribution < -0.4 is 5.32 Å². The number of nitrogens with one attached hydrogen (secondary N) is 1. The first-order valence-corrected chi connectivity index (χ1v) is 5.22. The number of likely N-dealkylation sites (N-methyl/N-ethyl adjacent to an activating group) is 2. The van der Waals surface area contributed by atoms with Gasteiger partial charge in [-0.25, -0.2) is 0 Å². The van der Waals surface area contributed by atoms with E-state index in [4.69, 9.17) is 0 Å². The van der Waals surface area contributed by atoms with Gasteiger partial charge in [0, 0.05) is 18.6 Å². The van der Waals surface area contributed by atoms with Crippen molar-refractivity contribution in [2.75, 3.05) is 20.1 Å². The Labute approximate surface area is 76.3 Å². The topological polar surface area (TPSA) is 15.3 Å². The molecule has 1 fully saturated rings. The van der Waals surface area contributed by atoms with Crippen molar-refractivity contribution in [3.63, 3.8) is 0 Å². The van der Waals surface area contributed by atoms with Gasteiger partial charge in [0.05, 0.1) is 0 Å². The van der Waals surface area contributed by atoms with Gasteiger partial charge in [-0.15, -0.1) is 0 Å². The van der Waals surface area contributed by atoms with Crippen molar-refractivity contribution in [3.8, 4) is 0 Å². The lowest BCUT2D eigenvalue weighted by atomic mass is 10.2. The fourth-order valence-electron chi connectivity index (χ4n) is 1.67. The summed E-state index contributed by atoms with van der Waals surface area (Å²) in [6, 6.07) is 1.64. The summed E-state index contributed by atoms with van der Waals surface area (Å²) in [6.45, 7) is 6.69. The first-order valence-electron chi connectivity index (χ1n) is 5.22. The van der Waals surface area contributed by atoms with Crippen LogP contribution in [0.1, 0.15) is 33.1 Å². The van der Waals surface area contributed by atoms with E-state index in [1.165, 1.54) is 19.3 Å². The summed E-state index contributed by atoms with van der Waals surface area (Å²) in [5, 5.41) is 3.42. The molecule has 0 aromatic rings. The molecule has 1 N–H and O–H groups in total. The van der Waals surface area contributed by atoms with E-state index < -0.39 is 0 Å². The van der Waals surface area contributed by atoms with Crippen LogP contribution >= 0.6 is 0 Å². The van der Waals surface area contributed by atoms with E-state index in [0.717, 1.165) is 25.2 Å². The summed E-state index contributed by atoms with van der Waals surface area (Å²) in [4.78, 5) is 2.54. The third-order valence-corrected chi connectivity index (χ3v) is 2.80. The molecule has 1 unspecified atom stereocenters. The van der Waals surface area contributed by atoms with E-state index in [-0.39, 0.29) is 0 Å². The Hall–Kier alpha value is -0.0800. The van der Waals surface area contributed by atoms with Gasteiger partial charge in [-0.2, -0.15) is 0 Å². The molecular weight excluding hydrogens is 148 g/mol. The molecule has 1 aliphatic rings. The molecule has 0 saturated heterocycles. The highest BCUT2D eigenvalue weighted by atomic mass is 15.2. The molecule has 1 saturated carbocycles.